The van der Waals surface area contributed by atoms with Gasteiger partial charge in [0.25, 0.3) is 0 Å². The fourth-order valence-electron chi connectivity index (χ4n) is 3.27. The summed E-state index contributed by atoms with van der Waals surface area (Å²) in [5, 5.41) is 0.381. The highest BCUT2D eigenvalue weighted by atomic mass is 16.5. The van der Waals surface area contributed by atoms with Crippen molar-refractivity contribution in [1.82, 2.24) is 0 Å². The smallest absolute Gasteiger partial charge is 0.200 e. The highest BCUT2D eigenvalue weighted by Crippen LogP contribution is 2.38. The number of fused-ring (bicyclic) bond motifs is 1. The van der Waals surface area contributed by atoms with Crippen LogP contribution < -0.4 is 24.4 Å². The summed E-state index contributed by atoms with van der Waals surface area (Å²) in [6.45, 7) is 3.98. The van der Waals surface area contributed by atoms with E-state index < -0.39 is 0 Å². The normalized spacial score (nSPS) is 10.6. The Kier molecular flexibility index (Phi) is 6.35. The lowest BCUT2D eigenvalue weighted by Gasteiger charge is -2.15. The first-order chi connectivity index (χ1) is 14.4. The summed E-state index contributed by atoms with van der Waals surface area (Å²) in [6, 6.07) is 8.75. The van der Waals surface area contributed by atoms with Gasteiger partial charge in [0.2, 0.25) is 5.43 Å². The third kappa shape index (κ3) is 3.99. The van der Waals surface area contributed by atoms with Crippen molar-refractivity contribution in [3.8, 4) is 34.3 Å². The lowest BCUT2D eigenvalue weighted by molar-refractivity contribution is 0.394. The van der Waals surface area contributed by atoms with E-state index in [2.05, 4.69) is 0 Å². The Bertz CT molecular complexity index is 1150. The second-order valence-electron chi connectivity index (χ2n) is 6.99. The summed E-state index contributed by atoms with van der Waals surface area (Å²) in [7, 11) is 6.22. The van der Waals surface area contributed by atoms with Gasteiger partial charge in [-0.2, -0.15) is 0 Å². The van der Waals surface area contributed by atoms with Gasteiger partial charge in [0.15, 0.2) is 0 Å². The van der Waals surface area contributed by atoms with E-state index in [0.717, 1.165) is 5.57 Å². The topological polar surface area (TPSA) is 67.1 Å². The van der Waals surface area contributed by atoms with Gasteiger partial charge < -0.3 is 23.4 Å². The quantitative estimate of drug-likeness (QED) is 0.511. The van der Waals surface area contributed by atoms with Gasteiger partial charge in [-0.3, -0.25) is 4.79 Å². The van der Waals surface area contributed by atoms with Crippen LogP contribution in [0.25, 0.3) is 22.3 Å². The Morgan fingerprint density at radius 2 is 1.57 bits per heavy atom. The van der Waals surface area contributed by atoms with Gasteiger partial charge in [-0.05, 0) is 32.4 Å². The maximum absolute atomic E-state index is 13.6. The van der Waals surface area contributed by atoms with E-state index in [9.17, 15) is 4.79 Å². The highest BCUT2D eigenvalue weighted by molar-refractivity contribution is 5.88. The Hall–Kier alpha value is -3.41. The van der Waals surface area contributed by atoms with Crippen molar-refractivity contribution in [1.29, 1.82) is 0 Å². The molecule has 0 aliphatic rings. The Labute approximate surface area is 175 Å². The zero-order valence-corrected chi connectivity index (χ0v) is 18.1. The van der Waals surface area contributed by atoms with Crippen LogP contribution in [0.3, 0.4) is 0 Å². The SMILES string of the molecule is COc1ccc(-c2oc3cc(OC)cc(OC)c3c(=O)c2CC=C(C)C)c(OC)c1. The van der Waals surface area contributed by atoms with E-state index in [1.807, 2.05) is 26.0 Å². The molecule has 0 spiro atoms. The molecular formula is C24H26O6. The van der Waals surface area contributed by atoms with Crippen molar-refractivity contribution in [3.63, 3.8) is 0 Å². The van der Waals surface area contributed by atoms with Crippen LogP contribution in [0, 0.1) is 0 Å². The fraction of sp³-hybridized carbons (Fsp3) is 0.292. The van der Waals surface area contributed by atoms with Gasteiger partial charge in [0.05, 0.1) is 34.0 Å². The van der Waals surface area contributed by atoms with E-state index in [4.69, 9.17) is 23.4 Å². The number of methoxy groups -OCH3 is 4. The standard InChI is InChI=1S/C24H26O6/c1-14(2)7-9-18-23(25)22-20(29-6)12-16(27-4)13-21(22)30-24(18)17-10-8-15(26-3)11-19(17)28-5/h7-8,10-13H,9H2,1-6H3. The maximum atomic E-state index is 13.6. The van der Waals surface area contributed by atoms with Crippen LogP contribution in [0.5, 0.6) is 23.0 Å². The van der Waals surface area contributed by atoms with Crippen molar-refractivity contribution < 1.29 is 23.4 Å². The van der Waals surface area contributed by atoms with Crippen molar-refractivity contribution >= 4 is 11.0 Å². The van der Waals surface area contributed by atoms with E-state index in [-0.39, 0.29) is 5.43 Å². The summed E-state index contributed by atoms with van der Waals surface area (Å²) in [5.41, 5.74) is 2.52. The average Bonchev–Trinajstić information content (AvgIpc) is 2.76. The third-order valence-electron chi connectivity index (χ3n) is 4.85. The summed E-state index contributed by atoms with van der Waals surface area (Å²) in [4.78, 5) is 13.6. The molecule has 30 heavy (non-hydrogen) atoms. The predicted octanol–water partition coefficient (Wildman–Crippen LogP) is 5.00. The van der Waals surface area contributed by atoms with Crippen LogP contribution in [-0.2, 0) is 6.42 Å². The fourth-order valence-corrected chi connectivity index (χ4v) is 3.27. The number of rotatable bonds is 7. The molecule has 1 aromatic heterocycles. The van der Waals surface area contributed by atoms with Crippen LogP contribution in [0.15, 0.2) is 51.2 Å². The second-order valence-corrected chi connectivity index (χ2v) is 6.99. The lowest BCUT2D eigenvalue weighted by atomic mass is 10.00. The number of hydrogen-bond donors (Lipinski definition) is 0. The molecule has 0 fully saturated rings. The molecule has 0 saturated carbocycles. The molecule has 0 aliphatic carbocycles. The minimum absolute atomic E-state index is 0.152. The third-order valence-corrected chi connectivity index (χ3v) is 4.85. The summed E-state index contributed by atoms with van der Waals surface area (Å²) >= 11 is 0. The minimum Gasteiger partial charge on any atom is -0.497 e. The van der Waals surface area contributed by atoms with Crippen LogP contribution in [0.4, 0.5) is 0 Å². The van der Waals surface area contributed by atoms with Crippen molar-refractivity contribution in [2.45, 2.75) is 20.3 Å². The molecule has 6 nitrogen and oxygen atoms in total. The van der Waals surface area contributed by atoms with Gasteiger partial charge in [0, 0.05) is 23.8 Å². The number of ether oxygens (including phenoxy) is 4. The van der Waals surface area contributed by atoms with Crippen molar-refractivity contribution in [3.05, 3.63) is 57.8 Å². The molecule has 1 heterocycles. The van der Waals surface area contributed by atoms with Crippen LogP contribution in [0.1, 0.15) is 19.4 Å². The van der Waals surface area contributed by atoms with Crippen LogP contribution >= 0.6 is 0 Å². The summed E-state index contributed by atoms with van der Waals surface area (Å²) in [5.74, 6) is 2.58. The predicted molar refractivity (Wildman–Crippen MR) is 117 cm³/mol. The largest absolute Gasteiger partial charge is 0.497 e. The molecule has 0 saturated heterocycles. The van der Waals surface area contributed by atoms with Gasteiger partial charge in [-0.15, -0.1) is 0 Å². The van der Waals surface area contributed by atoms with Gasteiger partial charge >= 0.3 is 0 Å². The molecule has 0 N–H and O–H groups in total. The van der Waals surface area contributed by atoms with Crippen molar-refractivity contribution in [2.24, 2.45) is 0 Å². The van der Waals surface area contributed by atoms with E-state index in [0.29, 0.717) is 57.3 Å². The first-order valence-corrected chi connectivity index (χ1v) is 9.51. The molecule has 3 aromatic rings. The van der Waals surface area contributed by atoms with E-state index in [1.165, 1.54) is 7.11 Å². The Morgan fingerprint density at radius 1 is 0.900 bits per heavy atom. The Balaban J connectivity index is 2.41. The molecular weight excluding hydrogens is 384 g/mol. The number of benzene rings is 2. The zero-order chi connectivity index (χ0) is 21.8. The zero-order valence-electron chi connectivity index (χ0n) is 18.1. The van der Waals surface area contributed by atoms with Gasteiger partial charge in [-0.25, -0.2) is 0 Å². The molecule has 0 radical (unpaired) electrons. The van der Waals surface area contributed by atoms with Crippen molar-refractivity contribution in [2.75, 3.05) is 28.4 Å². The minimum atomic E-state index is -0.152. The first kappa shape index (κ1) is 21.3. The molecule has 0 amide bonds. The van der Waals surface area contributed by atoms with Crippen LogP contribution in [-0.4, -0.2) is 28.4 Å². The molecule has 0 aliphatic heterocycles. The first-order valence-electron chi connectivity index (χ1n) is 9.51. The average molecular weight is 410 g/mol. The molecule has 3 rings (SSSR count). The van der Waals surface area contributed by atoms with E-state index in [1.54, 1.807) is 45.6 Å². The molecule has 0 bridgehead atoms. The monoisotopic (exact) mass is 410 g/mol. The highest BCUT2D eigenvalue weighted by Gasteiger charge is 2.22. The second kappa shape index (κ2) is 8.95. The van der Waals surface area contributed by atoms with E-state index >= 15 is 0 Å². The number of hydrogen-bond acceptors (Lipinski definition) is 6. The molecule has 2 aromatic carbocycles. The molecule has 0 atom stereocenters. The summed E-state index contributed by atoms with van der Waals surface area (Å²) < 4.78 is 27.9. The van der Waals surface area contributed by atoms with Gasteiger partial charge in [-0.1, -0.05) is 11.6 Å². The lowest BCUT2D eigenvalue weighted by Crippen LogP contribution is -2.12. The number of allylic oxidation sites excluding steroid dienone is 2. The molecule has 0 unspecified atom stereocenters. The molecule has 6 heteroatoms. The summed E-state index contributed by atoms with van der Waals surface area (Å²) in [6.07, 6.45) is 2.41. The molecule has 158 valence electrons. The Morgan fingerprint density at radius 3 is 2.17 bits per heavy atom. The van der Waals surface area contributed by atoms with Gasteiger partial charge in [0.1, 0.15) is 39.7 Å². The van der Waals surface area contributed by atoms with Crippen LogP contribution in [0.2, 0.25) is 0 Å². The maximum Gasteiger partial charge on any atom is 0.200 e.